The Hall–Kier alpha value is -2.63. The van der Waals surface area contributed by atoms with E-state index in [0.717, 1.165) is 19.4 Å². The molecule has 0 spiro atoms. The number of benzene rings is 1. The van der Waals surface area contributed by atoms with Gasteiger partial charge in [0.25, 0.3) is 11.8 Å². The highest BCUT2D eigenvalue weighted by Crippen LogP contribution is 2.22. The van der Waals surface area contributed by atoms with Crippen molar-refractivity contribution < 1.29 is 14.0 Å². The summed E-state index contributed by atoms with van der Waals surface area (Å²) in [5, 5.41) is 2.81. The molecule has 0 aliphatic carbocycles. The van der Waals surface area contributed by atoms with Gasteiger partial charge in [-0.3, -0.25) is 9.59 Å². The van der Waals surface area contributed by atoms with Crippen molar-refractivity contribution in [3.05, 3.63) is 47.7 Å². The van der Waals surface area contributed by atoms with Crippen molar-refractivity contribution in [1.29, 1.82) is 0 Å². The van der Waals surface area contributed by atoms with E-state index in [0.29, 0.717) is 22.7 Å². The molecule has 1 atom stereocenters. The van der Waals surface area contributed by atoms with Crippen LogP contribution in [0.25, 0.3) is 0 Å². The van der Waals surface area contributed by atoms with E-state index in [1.165, 1.54) is 12.8 Å². The number of amides is 2. The number of oxazole rings is 1. The zero-order chi connectivity index (χ0) is 18.7. The Labute approximate surface area is 153 Å². The Kier molecular flexibility index (Phi) is 5.40. The summed E-state index contributed by atoms with van der Waals surface area (Å²) in [6, 6.07) is 7.28. The molecule has 1 aromatic carbocycles. The van der Waals surface area contributed by atoms with Gasteiger partial charge in [0.05, 0.1) is 0 Å². The summed E-state index contributed by atoms with van der Waals surface area (Å²) < 4.78 is 5.29. The number of carbonyl (C=O) groups is 2. The highest BCUT2D eigenvalue weighted by Gasteiger charge is 2.24. The van der Waals surface area contributed by atoms with Crippen molar-refractivity contribution in [2.75, 3.05) is 11.9 Å². The molecule has 2 amide bonds. The largest absolute Gasteiger partial charge is 0.447 e. The van der Waals surface area contributed by atoms with Crippen LogP contribution in [-0.2, 0) is 0 Å². The summed E-state index contributed by atoms with van der Waals surface area (Å²) in [5.74, 6) is 0.373. The molecule has 0 bridgehead atoms. The van der Waals surface area contributed by atoms with Gasteiger partial charge in [0.2, 0.25) is 0 Å². The number of rotatable bonds is 4. The van der Waals surface area contributed by atoms with E-state index in [1.54, 1.807) is 24.3 Å². The van der Waals surface area contributed by atoms with Crippen LogP contribution in [0.2, 0.25) is 0 Å². The minimum atomic E-state index is -0.314. The van der Waals surface area contributed by atoms with Gasteiger partial charge in [-0.05, 0) is 50.5 Å². The second-order valence-electron chi connectivity index (χ2n) is 7.09. The van der Waals surface area contributed by atoms with E-state index < -0.39 is 0 Å². The molecule has 1 N–H and O–H groups in total. The van der Waals surface area contributed by atoms with Gasteiger partial charge in [0.15, 0.2) is 12.1 Å². The van der Waals surface area contributed by atoms with Crippen molar-refractivity contribution in [2.24, 2.45) is 0 Å². The van der Waals surface area contributed by atoms with Crippen LogP contribution >= 0.6 is 0 Å². The lowest BCUT2D eigenvalue weighted by atomic mass is 10.0. The quantitative estimate of drug-likeness (QED) is 0.897. The molecule has 2 aromatic rings. The van der Waals surface area contributed by atoms with Crippen molar-refractivity contribution in [3.63, 3.8) is 0 Å². The summed E-state index contributed by atoms with van der Waals surface area (Å²) in [5.41, 5.74) is 1.55. The van der Waals surface area contributed by atoms with E-state index in [2.05, 4.69) is 17.2 Å². The fourth-order valence-corrected chi connectivity index (χ4v) is 3.29. The Balaban J connectivity index is 1.68. The monoisotopic (exact) mass is 355 g/mol. The minimum absolute atomic E-state index is 0.0497. The molecule has 2 heterocycles. The smallest absolute Gasteiger partial charge is 0.277 e. The standard InChI is InChI=1S/C20H25N3O3/c1-13(2)18-17(21-12-26-18)19(24)22-16-9-7-15(8-10-16)20(25)23-11-5-4-6-14(23)3/h7-10,12-14H,4-6,11H2,1-3H3,(H,22,24)/t14-/m1/s1. The van der Waals surface area contributed by atoms with E-state index in [1.807, 2.05) is 18.7 Å². The number of anilines is 1. The zero-order valence-electron chi connectivity index (χ0n) is 15.5. The third-order valence-electron chi connectivity index (χ3n) is 4.79. The van der Waals surface area contributed by atoms with Crippen LogP contribution in [0.5, 0.6) is 0 Å². The van der Waals surface area contributed by atoms with Crippen LogP contribution in [0.3, 0.4) is 0 Å². The summed E-state index contributed by atoms with van der Waals surface area (Å²) in [6.07, 6.45) is 4.57. The Bertz CT molecular complexity index is 780. The second kappa shape index (κ2) is 7.72. The molecule has 6 heteroatoms. The summed E-state index contributed by atoms with van der Waals surface area (Å²) in [4.78, 5) is 31.0. The Morgan fingerprint density at radius 2 is 1.96 bits per heavy atom. The Morgan fingerprint density at radius 1 is 1.23 bits per heavy atom. The van der Waals surface area contributed by atoms with Crippen molar-refractivity contribution in [2.45, 2.75) is 52.0 Å². The molecule has 6 nitrogen and oxygen atoms in total. The average Bonchev–Trinajstić information content (AvgIpc) is 3.12. The van der Waals surface area contributed by atoms with Crippen LogP contribution < -0.4 is 5.32 Å². The molecule has 1 saturated heterocycles. The van der Waals surface area contributed by atoms with E-state index in [4.69, 9.17) is 4.42 Å². The molecular weight excluding hydrogens is 330 g/mol. The number of nitrogens with zero attached hydrogens (tertiary/aromatic N) is 2. The fraction of sp³-hybridized carbons (Fsp3) is 0.450. The lowest BCUT2D eigenvalue weighted by molar-refractivity contribution is 0.0635. The van der Waals surface area contributed by atoms with Gasteiger partial charge in [0, 0.05) is 29.8 Å². The number of nitrogens with one attached hydrogen (secondary N) is 1. The maximum Gasteiger partial charge on any atom is 0.277 e. The highest BCUT2D eigenvalue weighted by molar-refractivity contribution is 6.04. The van der Waals surface area contributed by atoms with Crippen LogP contribution in [0.15, 0.2) is 35.1 Å². The molecule has 3 rings (SSSR count). The minimum Gasteiger partial charge on any atom is -0.447 e. The van der Waals surface area contributed by atoms with Crippen molar-refractivity contribution in [3.8, 4) is 0 Å². The van der Waals surface area contributed by atoms with Gasteiger partial charge >= 0.3 is 0 Å². The van der Waals surface area contributed by atoms with Gasteiger partial charge in [0.1, 0.15) is 5.76 Å². The van der Waals surface area contributed by atoms with E-state index >= 15 is 0 Å². The van der Waals surface area contributed by atoms with Crippen LogP contribution in [0.4, 0.5) is 5.69 Å². The SMILES string of the molecule is CC(C)c1ocnc1C(=O)Nc1ccc(C(=O)N2CCCC[C@H]2C)cc1. The summed E-state index contributed by atoms with van der Waals surface area (Å²) in [6.45, 7) is 6.79. The van der Waals surface area contributed by atoms with Crippen LogP contribution in [-0.4, -0.2) is 34.3 Å². The third kappa shape index (κ3) is 3.79. The molecular formula is C20H25N3O3. The molecule has 138 valence electrons. The van der Waals surface area contributed by atoms with Gasteiger partial charge in [-0.25, -0.2) is 4.98 Å². The number of hydrogen-bond donors (Lipinski definition) is 1. The van der Waals surface area contributed by atoms with Crippen LogP contribution in [0, 0.1) is 0 Å². The van der Waals surface area contributed by atoms with Gasteiger partial charge in [-0.15, -0.1) is 0 Å². The maximum atomic E-state index is 12.7. The zero-order valence-corrected chi connectivity index (χ0v) is 15.5. The lowest BCUT2D eigenvalue weighted by Gasteiger charge is -2.33. The average molecular weight is 355 g/mol. The van der Waals surface area contributed by atoms with Crippen molar-refractivity contribution in [1.82, 2.24) is 9.88 Å². The summed E-state index contributed by atoms with van der Waals surface area (Å²) >= 11 is 0. The normalized spacial score (nSPS) is 17.4. The van der Waals surface area contributed by atoms with Crippen LogP contribution in [0.1, 0.15) is 72.6 Å². The molecule has 26 heavy (non-hydrogen) atoms. The predicted octanol–water partition coefficient (Wildman–Crippen LogP) is 4.06. The fourth-order valence-electron chi connectivity index (χ4n) is 3.29. The Morgan fingerprint density at radius 3 is 2.62 bits per heavy atom. The van der Waals surface area contributed by atoms with Gasteiger partial charge in [-0.2, -0.15) is 0 Å². The highest BCUT2D eigenvalue weighted by atomic mass is 16.3. The summed E-state index contributed by atoms with van der Waals surface area (Å²) in [7, 11) is 0. The molecule has 1 aliphatic rings. The molecule has 0 radical (unpaired) electrons. The molecule has 1 aromatic heterocycles. The molecule has 1 aliphatic heterocycles. The second-order valence-corrected chi connectivity index (χ2v) is 7.09. The number of aromatic nitrogens is 1. The van der Waals surface area contributed by atoms with Gasteiger partial charge < -0.3 is 14.6 Å². The topological polar surface area (TPSA) is 75.4 Å². The third-order valence-corrected chi connectivity index (χ3v) is 4.79. The molecule has 0 saturated carbocycles. The first-order valence-corrected chi connectivity index (χ1v) is 9.13. The molecule has 1 fully saturated rings. The van der Waals surface area contributed by atoms with Gasteiger partial charge in [-0.1, -0.05) is 13.8 Å². The van der Waals surface area contributed by atoms with Crippen molar-refractivity contribution >= 4 is 17.5 Å². The first-order chi connectivity index (χ1) is 12.5. The molecule has 0 unspecified atom stereocenters. The number of likely N-dealkylation sites (tertiary alicyclic amines) is 1. The predicted molar refractivity (Wildman–Crippen MR) is 99.3 cm³/mol. The lowest BCUT2D eigenvalue weighted by Crippen LogP contribution is -2.42. The van der Waals surface area contributed by atoms with E-state index in [9.17, 15) is 9.59 Å². The maximum absolute atomic E-state index is 12.7. The number of carbonyl (C=O) groups excluding carboxylic acids is 2. The first-order valence-electron chi connectivity index (χ1n) is 9.13. The number of piperidine rings is 1. The number of hydrogen-bond acceptors (Lipinski definition) is 4. The van der Waals surface area contributed by atoms with E-state index in [-0.39, 0.29) is 23.8 Å². The first kappa shape index (κ1) is 18.2.